The Labute approximate surface area is 103 Å². The van der Waals surface area contributed by atoms with Crippen LogP contribution in [0.15, 0.2) is 0 Å². The second-order valence-corrected chi connectivity index (χ2v) is 5.27. The van der Waals surface area contributed by atoms with Crippen molar-refractivity contribution in [2.24, 2.45) is 0 Å². The van der Waals surface area contributed by atoms with Crippen LogP contribution >= 0.6 is 11.8 Å². The van der Waals surface area contributed by atoms with Gasteiger partial charge >= 0.3 is 0 Å². The van der Waals surface area contributed by atoms with E-state index in [1.807, 2.05) is 25.6 Å². The normalized spacial score (nSPS) is 16.7. The number of hydrogen-bond acceptors (Lipinski definition) is 6. The molecule has 0 N–H and O–H groups in total. The van der Waals surface area contributed by atoms with Crippen LogP contribution in [0.25, 0.3) is 5.78 Å². The minimum absolute atomic E-state index is 0.642. The maximum atomic E-state index is 4.50. The number of nitrogens with zero attached hydrogens (tertiary/aromatic N) is 6. The molecule has 0 radical (unpaired) electrons. The average molecular weight is 250 g/mol. The van der Waals surface area contributed by atoms with Crippen LogP contribution in [0.3, 0.4) is 0 Å². The first-order valence-electron chi connectivity index (χ1n) is 5.65. The van der Waals surface area contributed by atoms with E-state index in [2.05, 4.69) is 25.0 Å². The first-order chi connectivity index (χ1) is 8.24. The summed E-state index contributed by atoms with van der Waals surface area (Å²) in [5.74, 6) is 5.27. The van der Waals surface area contributed by atoms with Gasteiger partial charge in [0.05, 0.1) is 0 Å². The second-order valence-electron chi connectivity index (χ2n) is 4.04. The molecular formula is C10H14N6S. The molecule has 1 aliphatic heterocycles. The van der Waals surface area contributed by atoms with Gasteiger partial charge in [-0.05, 0) is 13.8 Å². The van der Waals surface area contributed by atoms with Crippen molar-refractivity contribution >= 4 is 23.5 Å². The molecule has 0 bridgehead atoms. The van der Waals surface area contributed by atoms with Crippen LogP contribution in [-0.2, 0) is 0 Å². The van der Waals surface area contributed by atoms with Crippen molar-refractivity contribution in [2.75, 3.05) is 29.5 Å². The van der Waals surface area contributed by atoms with Crippen LogP contribution < -0.4 is 4.90 Å². The van der Waals surface area contributed by atoms with Crippen molar-refractivity contribution in [2.45, 2.75) is 13.8 Å². The monoisotopic (exact) mass is 250 g/mol. The molecule has 2 aromatic heterocycles. The highest BCUT2D eigenvalue weighted by molar-refractivity contribution is 7.99. The number of aryl methyl sites for hydroxylation is 2. The van der Waals surface area contributed by atoms with Gasteiger partial charge in [-0.3, -0.25) is 0 Å². The molecule has 6 nitrogen and oxygen atoms in total. The van der Waals surface area contributed by atoms with Crippen LogP contribution in [0.4, 0.5) is 5.95 Å². The summed E-state index contributed by atoms with van der Waals surface area (Å²) in [4.78, 5) is 15.4. The predicted octanol–water partition coefficient (Wildman–Crippen LogP) is 0.689. The molecule has 0 aromatic carbocycles. The number of hydrogen-bond donors (Lipinski definition) is 0. The summed E-state index contributed by atoms with van der Waals surface area (Å²) in [6.45, 7) is 5.79. The van der Waals surface area contributed by atoms with Gasteiger partial charge in [0.1, 0.15) is 11.6 Å². The minimum atomic E-state index is 0.642. The molecule has 1 fully saturated rings. The lowest BCUT2D eigenvalue weighted by Gasteiger charge is -2.27. The van der Waals surface area contributed by atoms with Gasteiger partial charge in [-0.2, -0.15) is 31.2 Å². The van der Waals surface area contributed by atoms with Crippen molar-refractivity contribution in [3.05, 3.63) is 11.6 Å². The Kier molecular flexibility index (Phi) is 2.62. The molecule has 0 unspecified atom stereocenters. The van der Waals surface area contributed by atoms with Crippen LogP contribution in [0, 0.1) is 13.8 Å². The van der Waals surface area contributed by atoms with Gasteiger partial charge in [0.25, 0.3) is 5.78 Å². The van der Waals surface area contributed by atoms with E-state index in [1.54, 1.807) is 4.52 Å². The Morgan fingerprint density at radius 1 is 1.00 bits per heavy atom. The minimum Gasteiger partial charge on any atom is -0.339 e. The first-order valence-corrected chi connectivity index (χ1v) is 6.80. The quantitative estimate of drug-likeness (QED) is 0.742. The first kappa shape index (κ1) is 10.8. The smallest absolute Gasteiger partial charge is 0.257 e. The van der Waals surface area contributed by atoms with Gasteiger partial charge < -0.3 is 4.90 Å². The zero-order valence-electron chi connectivity index (χ0n) is 9.92. The summed E-state index contributed by atoms with van der Waals surface area (Å²) >= 11 is 1.98. The van der Waals surface area contributed by atoms with E-state index >= 15 is 0 Å². The largest absolute Gasteiger partial charge is 0.339 e. The van der Waals surface area contributed by atoms with Gasteiger partial charge in [-0.25, -0.2) is 0 Å². The third-order valence-corrected chi connectivity index (χ3v) is 3.65. The van der Waals surface area contributed by atoms with Crippen molar-refractivity contribution in [3.8, 4) is 0 Å². The Morgan fingerprint density at radius 3 is 2.47 bits per heavy atom. The average Bonchev–Trinajstić information content (AvgIpc) is 2.69. The molecule has 3 heterocycles. The van der Waals surface area contributed by atoms with E-state index in [0.717, 1.165) is 42.2 Å². The lowest BCUT2D eigenvalue weighted by molar-refractivity contribution is 0.752. The molecule has 0 aliphatic carbocycles. The lowest BCUT2D eigenvalue weighted by atomic mass is 10.5. The Morgan fingerprint density at radius 2 is 1.71 bits per heavy atom. The van der Waals surface area contributed by atoms with E-state index < -0.39 is 0 Å². The summed E-state index contributed by atoms with van der Waals surface area (Å²) in [6.07, 6.45) is 0. The molecule has 0 saturated carbocycles. The third kappa shape index (κ3) is 1.95. The van der Waals surface area contributed by atoms with Crippen LogP contribution in [0.5, 0.6) is 0 Å². The van der Waals surface area contributed by atoms with Gasteiger partial charge in [0.2, 0.25) is 5.95 Å². The Hall–Kier alpha value is -1.37. The van der Waals surface area contributed by atoms with Crippen molar-refractivity contribution in [3.63, 3.8) is 0 Å². The molecule has 2 aromatic rings. The van der Waals surface area contributed by atoms with E-state index in [1.165, 1.54) is 0 Å². The van der Waals surface area contributed by atoms with Crippen LogP contribution in [-0.4, -0.2) is 49.2 Å². The topological polar surface area (TPSA) is 59.2 Å². The number of fused-ring (bicyclic) bond motifs is 1. The molecule has 17 heavy (non-hydrogen) atoms. The van der Waals surface area contributed by atoms with Gasteiger partial charge in [0, 0.05) is 24.6 Å². The highest BCUT2D eigenvalue weighted by Crippen LogP contribution is 2.17. The number of aromatic nitrogens is 5. The maximum Gasteiger partial charge on any atom is 0.257 e. The van der Waals surface area contributed by atoms with Crippen LogP contribution in [0.1, 0.15) is 11.6 Å². The second kappa shape index (κ2) is 4.14. The van der Waals surface area contributed by atoms with E-state index in [0.29, 0.717) is 5.78 Å². The summed E-state index contributed by atoms with van der Waals surface area (Å²) in [5, 5.41) is 4.36. The SMILES string of the molecule is Cc1nc(N2CCSCC2)n2nc(C)nc2n1. The molecule has 1 aliphatic rings. The highest BCUT2D eigenvalue weighted by atomic mass is 32.2. The van der Waals surface area contributed by atoms with Gasteiger partial charge in [-0.15, -0.1) is 5.10 Å². The molecule has 3 rings (SSSR count). The molecule has 1 saturated heterocycles. The standard InChI is InChI=1S/C10H14N6S/c1-7-11-9-12-8(2)14-16(9)10(13-7)15-3-5-17-6-4-15/h3-6H2,1-2H3. The van der Waals surface area contributed by atoms with E-state index in [9.17, 15) is 0 Å². The van der Waals surface area contributed by atoms with Gasteiger partial charge in [-0.1, -0.05) is 0 Å². The van der Waals surface area contributed by atoms with Crippen molar-refractivity contribution < 1.29 is 0 Å². The van der Waals surface area contributed by atoms with Gasteiger partial charge in [0.15, 0.2) is 0 Å². The summed E-state index contributed by atoms with van der Waals surface area (Å²) in [5.41, 5.74) is 0. The molecule has 7 heteroatoms. The molecule has 0 amide bonds. The zero-order chi connectivity index (χ0) is 11.8. The molecule has 90 valence electrons. The molecule has 0 spiro atoms. The number of thioether (sulfide) groups is 1. The fourth-order valence-electron chi connectivity index (χ4n) is 1.94. The maximum absolute atomic E-state index is 4.50. The Balaban J connectivity index is 2.12. The lowest BCUT2D eigenvalue weighted by Crippen LogP contribution is -2.35. The van der Waals surface area contributed by atoms with Crippen LogP contribution in [0.2, 0.25) is 0 Å². The number of rotatable bonds is 1. The summed E-state index contributed by atoms with van der Waals surface area (Å²) in [7, 11) is 0. The molecular weight excluding hydrogens is 236 g/mol. The Bertz CT molecular complexity index is 545. The highest BCUT2D eigenvalue weighted by Gasteiger charge is 2.18. The fraction of sp³-hybridized carbons (Fsp3) is 0.600. The third-order valence-electron chi connectivity index (χ3n) is 2.70. The summed E-state index contributed by atoms with van der Waals surface area (Å²) < 4.78 is 1.75. The van der Waals surface area contributed by atoms with E-state index in [4.69, 9.17) is 0 Å². The zero-order valence-corrected chi connectivity index (χ0v) is 10.7. The van der Waals surface area contributed by atoms with E-state index in [-0.39, 0.29) is 0 Å². The van der Waals surface area contributed by atoms with Crippen molar-refractivity contribution in [1.29, 1.82) is 0 Å². The summed E-state index contributed by atoms with van der Waals surface area (Å²) in [6, 6.07) is 0. The molecule has 0 atom stereocenters. The fourth-order valence-corrected chi connectivity index (χ4v) is 2.84. The van der Waals surface area contributed by atoms with Crippen molar-refractivity contribution in [1.82, 2.24) is 24.6 Å². The predicted molar refractivity (Wildman–Crippen MR) is 67.6 cm³/mol. The number of anilines is 1.